The Hall–Kier alpha value is 0.354. The summed E-state index contributed by atoms with van der Waals surface area (Å²) < 4.78 is 6.01. The fraction of sp³-hybridized carbons (Fsp3) is 1.00. The van der Waals surface area contributed by atoms with E-state index >= 15 is 0 Å². The lowest BCUT2D eigenvalue weighted by Crippen LogP contribution is -2.49. The zero-order valence-electron chi connectivity index (χ0n) is 13.6. The van der Waals surface area contributed by atoms with Crippen molar-refractivity contribution in [3.63, 3.8) is 0 Å². The topological polar surface area (TPSA) is 21.3 Å². The molecule has 0 spiro atoms. The van der Waals surface area contributed by atoms with Crippen molar-refractivity contribution < 1.29 is 4.43 Å². The van der Waals surface area contributed by atoms with E-state index in [2.05, 4.69) is 45.8 Å². The van der Waals surface area contributed by atoms with Crippen LogP contribution in [0, 0.1) is 0 Å². The fourth-order valence-electron chi connectivity index (χ4n) is 2.44. The van der Waals surface area contributed by atoms with Crippen LogP contribution in [0.3, 0.4) is 0 Å². The maximum absolute atomic E-state index is 6.01. The van der Waals surface area contributed by atoms with Crippen molar-refractivity contribution in [1.82, 2.24) is 4.98 Å². The van der Waals surface area contributed by atoms with Crippen LogP contribution in [-0.2, 0) is 4.43 Å². The molecule has 110 valence electrons. The van der Waals surface area contributed by atoms with E-state index in [1.54, 1.807) is 0 Å². The fourth-order valence-corrected chi connectivity index (χ4v) is 7.33. The molecule has 0 aromatic carbocycles. The average molecular weight is 290 g/mol. The van der Waals surface area contributed by atoms with Crippen LogP contribution in [0.5, 0.6) is 0 Å². The number of hydrogen-bond donors (Lipinski definition) is 1. The SMILES string of the molecule is CCCO[Si](C)(C)CCCN[Si](CC)(CC)CC. The Morgan fingerprint density at radius 3 is 1.94 bits per heavy atom. The van der Waals surface area contributed by atoms with Gasteiger partial charge in [-0.15, -0.1) is 0 Å². The molecule has 0 amide bonds. The summed E-state index contributed by atoms with van der Waals surface area (Å²) in [7, 11) is -2.49. The molecule has 0 rings (SSSR count). The minimum atomic E-state index is -1.38. The van der Waals surface area contributed by atoms with Gasteiger partial charge in [0.25, 0.3) is 0 Å². The second-order valence-electron chi connectivity index (χ2n) is 5.98. The van der Waals surface area contributed by atoms with Crippen LogP contribution in [0.4, 0.5) is 0 Å². The van der Waals surface area contributed by atoms with Crippen molar-refractivity contribution in [2.75, 3.05) is 13.2 Å². The van der Waals surface area contributed by atoms with E-state index in [-0.39, 0.29) is 0 Å². The minimum absolute atomic E-state index is 0.949. The summed E-state index contributed by atoms with van der Waals surface area (Å²) in [4.78, 5) is 3.92. The van der Waals surface area contributed by atoms with E-state index in [0.717, 1.165) is 13.0 Å². The largest absolute Gasteiger partial charge is 0.417 e. The predicted octanol–water partition coefficient (Wildman–Crippen LogP) is 4.60. The van der Waals surface area contributed by atoms with Gasteiger partial charge in [-0.2, -0.15) is 0 Å². The molecule has 0 unspecified atom stereocenters. The molecule has 0 atom stereocenters. The van der Waals surface area contributed by atoms with E-state index in [9.17, 15) is 0 Å². The van der Waals surface area contributed by atoms with Crippen LogP contribution in [0.25, 0.3) is 0 Å². The molecule has 0 aromatic rings. The third-order valence-electron chi connectivity index (χ3n) is 4.18. The van der Waals surface area contributed by atoms with Gasteiger partial charge in [0, 0.05) is 6.61 Å². The predicted molar refractivity (Wildman–Crippen MR) is 88.3 cm³/mol. The summed E-state index contributed by atoms with van der Waals surface area (Å²) in [5.74, 6) is 0. The minimum Gasteiger partial charge on any atom is -0.417 e. The van der Waals surface area contributed by atoms with Crippen LogP contribution in [0.2, 0.25) is 37.3 Å². The van der Waals surface area contributed by atoms with E-state index in [1.807, 2.05) is 0 Å². The molecule has 18 heavy (non-hydrogen) atoms. The standard InChI is InChI=1S/C14H35NOSi2/c1-7-13-16-17(5,6)14-11-12-15-18(8-2,9-3)10-4/h15H,7-14H2,1-6H3. The highest BCUT2D eigenvalue weighted by molar-refractivity contribution is 6.77. The first-order valence-electron chi connectivity index (χ1n) is 7.84. The quantitative estimate of drug-likeness (QED) is 0.443. The van der Waals surface area contributed by atoms with Gasteiger partial charge in [0.05, 0.1) is 0 Å². The van der Waals surface area contributed by atoms with Gasteiger partial charge >= 0.3 is 0 Å². The highest BCUT2D eigenvalue weighted by Gasteiger charge is 2.27. The van der Waals surface area contributed by atoms with E-state index in [4.69, 9.17) is 4.43 Å². The molecule has 1 N–H and O–H groups in total. The zero-order chi connectivity index (χ0) is 14.1. The first-order chi connectivity index (χ1) is 8.45. The molecule has 0 aliphatic rings. The van der Waals surface area contributed by atoms with Crippen molar-refractivity contribution in [3.8, 4) is 0 Å². The molecule has 0 bridgehead atoms. The Labute approximate surface area is 117 Å². The van der Waals surface area contributed by atoms with Gasteiger partial charge in [-0.05, 0) is 56.7 Å². The zero-order valence-corrected chi connectivity index (χ0v) is 15.6. The summed E-state index contributed by atoms with van der Waals surface area (Å²) in [6, 6.07) is 5.40. The number of nitrogens with one attached hydrogen (secondary N) is 1. The van der Waals surface area contributed by atoms with Crippen molar-refractivity contribution in [1.29, 1.82) is 0 Å². The molecule has 0 radical (unpaired) electrons. The monoisotopic (exact) mass is 289 g/mol. The maximum Gasteiger partial charge on any atom is 0.186 e. The molecule has 4 heteroatoms. The van der Waals surface area contributed by atoms with Crippen LogP contribution < -0.4 is 4.98 Å². The second-order valence-corrected chi connectivity index (χ2v) is 15.3. The Kier molecular flexibility index (Phi) is 9.47. The molecule has 0 aliphatic carbocycles. The van der Waals surface area contributed by atoms with E-state index in [1.165, 1.54) is 37.1 Å². The number of rotatable bonds is 11. The molecular formula is C14H35NOSi2. The lowest BCUT2D eigenvalue weighted by atomic mass is 10.5. The van der Waals surface area contributed by atoms with E-state index < -0.39 is 16.6 Å². The van der Waals surface area contributed by atoms with Gasteiger partial charge in [0.15, 0.2) is 8.32 Å². The molecule has 0 saturated carbocycles. The molecule has 2 nitrogen and oxygen atoms in total. The number of hydrogen-bond acceptors (Lipinski definition) is 2. The van der Waals surface area contributed by atoms with Gasteiger partial charge in [-0.1, -0.05) is 27.7 Å². The first kappa shape index (κ1) is 18.4. The Bertz CT molecular complexity index is 198. The van der Waals surface area contributed by atoms with Crippen LogP contribution >= 0.6 is 0 Å². The van der Waals surface area contributed by atoms with E-state index in [0.29, 0.717) is 0 Å². The molecule has 0 aliphatic heterocycles. The first-order valence-corrected chi connectivity index (χ1v) is 13.6. The molecule has 0 aromatic heterocycles. The van der Waals surface area contributed by atoms with Gasteiger partial charge in [0.1, 0.15) is 8.24 Å². The second kappa shape index (κ2) is 9.29. The van der Waals surface area contributed by atoms with Gasteiger partial charge in [0.2, 0.25) is 0 Å². The van der Waals surface area contributed by atoms with Gasteiger partial charge in [-0.3, -0.25) is 0 Å². The Morgan fingerprint density at radius 1 is 0.944 bits per heavy atom. The third kappa shape index (κ3) is 7.07. The molecule has 0 saturated heterocycles. The van der Waals surface area contributed by atoms with Crippen molar-refractivity contribution >= 4 is 16.6 Å². The highest BCUT2D eigenvalue weighted by Crippen LogP contribution is 2.18. The Balaban J connectivity index is 3.90. The van der Waals surface area contributed by atoms with Crippen LogP contribution in [-0.4, -0.2) is 29.7 Å². The summed E-state index contributed by atoms with van der Waals surface area (Å²) in [5.41, 5.74) is 0. The average Bonchev–Trinajstić information content (AvgIpc) is 2.38. The van der Waals surface area contributed by atoms with Crippen molar-refractivity contribution in [3.05, 3.63) is 0 Å². The summed E-state index contributed by atoms with van der Waals surface area (Å²) in [6.07, 6.45) is 2.43. The lowest BCUT2D eigenvalue weighted by molar-refractivity contribution is 0.305. The van der Waals surface area contributed by atoms with Crippen molar-refractivity contribution in [2.45, 2.75) is 77.8 Å². The summed E-state index contributed by atoms with van der Waals surface area (Å²) in [5, 5.41) is 0. The highest BCUT2D eigenvalue weighted by atomic mass is 28.4. The lowest BCUT2D eigenvalue weighted by Gasteiger charge is -2.30. The van der Waals surface area contributed by atoms with Crippen LogP contribution in [0.15, 0.2) is 0 Å². The smallest absolute Gasteiger partial charge is 0.186 e. The molecular weight excluding hydrogens is 254 g/mol. The molecule has 0 heterocycles. The molecule has 0 fully saturated rings. The van der Waals surface area contributed by atoms with Crippen molar-refractivity contribution in [2.24, 2.45) is 0 Å². The summed E-state index contributed by atoms with van der Waals surface area (Å²) >= 11 is 0. The summed E-state index contributed by atoms with van der Waals surface area (Å²) in [6.45, 7) is 16.1. The van der Waals surface area contributed by atoms with Gasteiger partial charge < -0.3 is 9.41 Å². The third-order valence-corrected chi connectivity index (χ3v) is 11.8. The Morgan fingerprint density at radius 2 is 1.50 bits per heavy atom. The maximum atomic E-state index is 6.01. The van der Waals surface area contributed by atoms with Gasteiger partial charge in [-0.25, -0.2) is 0 Å². The normalized spacial score (nSPS) is 13.0. The van der Waals surface area contributed by atoms with Crippen LogP contribution in [0.1, 0.15) is 40.5 Å².